The number of carbonyl (C=O) groups excluding carboxylic acids is 1. The molecule has 0 aromatic heterocycles. The van der Waals surface area contributed by atoms with Gasteiger partial charge in [-0.3, -0.25) is 4.79 Å². The summed E-state index contributed by atoms with van der Waals surface area (Å²) in [6.07, 6.45) is 3.79. The van der Waals surface area contributed by atoms with Gasteiger partial charge in [0.1, 0.15) is 0 Å². The number of nitrogens with one attached hydrogen (secondary N) is 1. The Balaban J connectivity index is 1.43. The highest BCUT2D eigenvalue weighted by Gasteiger charge is 2.11. The van der Waals surface area contributed by atoms with Gasteiger partial charge in [0, 0.05) is 36.8 Å². The number of hydrogen-bond donors (Lipinski definition) is 1. The van der Waals surface area contributed by atoms with Gasteiger partial charge in [-0.05, 0) is 54.7 Å². The summed E-state index contributed by atoms with van der Waals surface area (Å²) in [6.45, 7) is 2.89. The van der Waals surface area contributed by atoms with Crippen molar-refractivity contribution < 1.29 is 4.79 Å². The first-order chi connectivity index (χ1) is 11.7. The van der Waals surface area contributed by atoms with Gasteiger partial charge in [-0.25, -0.2) is 0 Å². The third-order valence-electron chi connectivity index (χ3n) is 4.45. The van der Waals surface area contributed by atoms with Crippen molar-refractivity contribution in [2.24, 2.45) is 0 Å². The molecule has 0 bridgehead atoms. The summed E-state index contributed by atoms with van der Waals surface area (Å²) in [6, 6.07) is 16.2. The maximum atomic E-state index is 12.0. The number of rotatable bonds is 6. The second-order valence-electron chi connectivity index (χ2n) is 6.26. The van der Waals surface area contributed by atoms with Gasteiger partial charge in [0.05, 0.1) is 0 Å². The molecule has 0 atom stereocenters. The highest BCUT2D eigenvalue weighted by Crippen LogP contribution is 2.20. The van der Waals surface area contributed by atoms with E-state index >= 15 is 0 Å². The SMILES string of the molecule is O=C(CCc1ccc(Cl)cc1)NCc1ccc(N2CCCC2)cc1. The van der Waals surface area contributed by atoms with E-state index in [-0.39, 0.29) is 5.91 Å². The Bertz CT molecular complexity index is 661. The van der Waals surface area contributed by atoms with Crippen LogP contribution < -0.4 is 10.2 Å². The lowest BCUT2D eigenvalue weighted by atomic mass is 10.1. The van der Waals surface area contributed by atoms with E-state index in [2.05, 4.69) is 34.5 Å². The van der Waals surface area contributed by atoms with E-state index < -0.39 is 0 Å². The quantitative estimate of drug-likeness (QED) is 0.853. The van der Waals surface area contributed by atoms with Crippen LogP contribution in [0.5, 0.6) is 0 Å². The first-order valence-electron chi connectivity index (χ1n) is 8.56. The summed E-state index contributed by atoms with van der Waals surface area (Å²) in [5.74, 6) is 0.0774. The molecule has 0 spiro atoms. The van der Waals surface area contributed by atoms with Crippen molar-refractivity contribution in [1.29, 1.82) is 0 Å². The summed E-state index contributed by atoms with van der Waals surface area (Å²) < 4.78 is 0. The summed E-state index contributed by atoms with van der Waals surface area (Å²) in [5, 5.41) is 3.71. The first kappa shape index (κ1) is 16.8. The highest BCUT2D eigenvalue weighted by molar-refractivity contribution is 6.30. The number of hydrogen-bond acceptors (Lipinski definition) is 2. The summed E-state index contributed by atoms with van der Waals surface area (Å²) in [4.78, 5) is 14.4. The Labute approximate surface area is 148 Å². The third kappa shape index (κ3) is 4.75. The lowest BCUT2D eigenvalue weighted by Gasteiger charge is -2.17. The van der Waals surface area contributed by atoms with E-state index in [0.29, 0.717) is 13.0 Å². The van der Waals surface area contributed by atoms with E-state index in [1.165, 1.54) is 18.5 Å². The van der Waals surface area contributed by atoms with E-state index in [4.69, 9.17) is 11.6 Å². The zero-order valence-electron chi connectivity index (χ0n) is 13.8. The van der Waals surface area contributed by atoms with Crippen LogP contribution >= 0.6 is 11.6 Å². The fourth-order valence-electron chi connectivity index (χ4n) is 3.00. The van der Waals surface area contributed by atoms with Gasteiger partial charge in [0.2, 0.25) is 5.91 Å². The number of carbonyl (C=O) groups is 1. The van der Waals surface area contributed by atoms with Gasteiger partial charge >= 0.3 is 0 Å². The summed E-state index contributed by atoms with van der Waals surface area (Å²) >= 11 is 5.86. The molecule has 1 aliphatic heterocycles. The van der Waals surface area contributed by atoms with Crippen molar-refractivity contribution in [3.05, 3.63) is 64.7 Å². The van der Waals surface area contributed by atoms with Crippen LogP contribution in [0.15, 0.2) is 48.5 Å². The minimum Gasteiger partial charge on any atom is -0.372 e. The average molecular weight is 343 g/mol. The Kier molecular flexibility index (Phi) is 5.76. The van der Waals surface area contributed by atoms with Crippen LogP contribution in [-0.2, 0) is 17.8 Å². The molecule has 1 amide bonds. The lowest BCUT2D eigenvalue weighted by Crippen LogP contribution is -2.23. The number of halogens is 1. The maximum absolute atomic E-state index is 12.0. The molecular formula is C20H23ClN2O. The van der Waals surface area contributed by atoms with Gasteiger partial charge in [0.15, 0.2) is 0 Å². The lowest BCUT2D eigenvalue weighted by molar-refractivity contribution is -0.121. The van der Waals surface area contributed by atoms with Crippen LogP contribution in [0.1, 0.15) is 30.4 Å². The smallest absolute Gasteiger partial charge is 0.220 e. The highest BCUT2D eigenvalue weighted by atomic mass is 35.5. The molecule has 1 heterocycles. The molecule has 2 aromatic rings. The normalized spacial score (nSPS) is 14.0. The second kappa shape index (κ2) is 8.20. The fourth-order valence-corrected chi connectivity index (χ4v) is 3.12. The van der Waals surface area contributed by atoms with Crippen LogP contribution in [0.2, 0.25) is 5.02 Å². The van der Waals surface area contributed by atoms with Gasteiger partial charge in [-0.1, -0.05) is 35.9 Å². The van der Waals surface area contributed by atoms with Crippen molar-refractivity contribution >= 4 is 23.2 Å². The topological polar surface area (TPSA) is 32.3 Å². The zero-order chi connectivity index (χ0) is 16.8. The maximum Gasteiger partial charge on any atom is 0.220 e. The standard InChI is InChI=1S/C20H23ClN2O/c21-18-8-3-16(4-9-18)7-12-20(24)22-15-17-5-10-19(11-6-17)23-13-1-2-14-23/h3-6,8-11H,1-2,7,12-15H2,(H,22,24). The predicted molar refractivity (Wildman–Crippen MR) is 99.5 cm³/mol. The average Bonchev–Trinajstić information content (AvgIpc) is 3.14. The molecule has 24 heavy (non-hydrogen) atoms. The van der Waals surface area contributed by atoms with Crippen LogP contribution in [0.25, 0.3) is 0 Å². The van der Waals surface area contributed by atoms with Gasteiger partial charge < -0.3 is 10.2 Å². The molecule has 3 nitrogen and oxygen atoms in total. The molecule has 0 unspecified atom stereocenters. The van der Waals surface area contributed by atoms with E-state index in [1.807, 2.05) is 24.3 Å². The molecule has 1 fully saturated rings. The van der Waals surface area contributed by atoms with Crippen molar-refractivity contribution in [3.8, 4) is 0 Å². The van der Waals surface area contributed by atoms with Crippen LogP contribution in [0.3, 0.4) is 0 Å². The van der Waals surface area contributed by atoms with E-state index in [9.17, 15) is 4.79 Å². The largest absolute Gasteiger partial charge is 0.372 e. The summed E-state index contributed by atoms with van der Waals surface area (Å²) in [7, 11) is 0. The predicted octanol–water partition coefficient (Wildman–Crippen LogP) is 4.19. The molecule has 126 valence electrons. The van der Waals surface area contributed by atoms with Crippen molar-refractivity contribution in [2.45, 2.75) is 32.2 Å². The first-order valence-corrected chi connectivity index (χ1v) is 8.93. The molecular weight excluding hydrogens is 320 g/mol. The van der Waals surface area contributed by atoms with Crippen LogP contribution in [0.4, 0.5) is 5.69 Å². The Morgan fingerprint density at radius 1 is 0.958 bits per heavy atom. The van der Waals surface area contributed by atoms with Crippen molar-refractivity contribution in [3.63, 3.8) is 0 Å². The van der Waals surface area contributed by atoms with E-state index in [1.54, 1.807) is 0 Å². The molecule has 1 aliphatic rings. The fraction of sp³-hybridized carbons (Fsp3) is 0.350. The third-order valence-corrected chi connectivity index (χ3v) is 4.70. The molecule has 1 saturated heterocycles. The van der Waals surface area contributed by atoms with Crippen LogP contribution in [0, 0.1) is 0 Å². The number of anilines is 1. The minimum absolute atomic E-state index is 0.0774. The molecule has 0 radical (unpaired) electrons. The van der Waals surface area contributed by atoms with Crippen LogP contribution in [-0.4, -0.2) is 19.0 Å². The monoisotopic (exact) mass is 342 g/mol. The minimum atomic E-state index is 0.0774. The molecule has 1 N–H and O–H groups in total. The second-order valence-corrected chi connectivity index (χ2v) is 6.70. The molecule has 4 heteroatoms. The van der Waals surface area contributed by atoms with Gasteiger partial charge in [-0.15, -0.1) is 0 Å². The Morgan fingerprint density at radius 2 is 1.58 bits per heavy atom. The van der Waals surface area contributed by atoms with Gasteiger partial charge in [-0.2, -0.15) is 0 Å². The zero-order valence-corrected chi connectivity index (χ0v) is 14.6. The van der Waals surface area contributed by atoms with Gasteiger partial charge in [0.25, 0.3) is 0 Å². The summed E-state index contributed by atoms with van der Waals surface area (Å²) in [5.41, 5.74) is 3.55. The number of aryl methyl sites for hydroxylation is 1. The Hall–Kier alpha value is -2.00. The van der Waals surface area contributed by atoms with Crippen molar-refractivity contribution in [2.75, 3.05) is 18.0 Å². The molecule has 0 saturated carbocycles. The van der Waals surface area contributed by atoms with E-state index in [0.717, 1.165) is 35.7 Å². The number of benzene rings is 2. The number of amides is 1. The molecule has 0 aliphatic carbocycles. The number of nitrogens with zero attached hydrogens (tertiary/aromatic N) is 1. The molecule has 2 aromatic carbocycles. The molecule has 3 rings (SSSR count). The van der Waals surface area contributed by atoms with Crippen molar-refractivity contribution in [1.82, 2.24) is 5.32 Å². The Morgan fingerprint density at radius 3 is 2.25 bits per heavy atom.